The Kier molecular flexibility index (Phi) is 8.36. The minimum Gasteiger partial charge on any atom is -0.486 e. The molecule has 0 aliphatic carbocycles. The highest BCUT2D eigenvalue weighted by Gasteiger charge is 2.36. The summed E-state index contributed by atoms with van der Waals surface area (Å²) in [6.07, 6.45) is 1.47. The van der Waals surface area contributed by atoms with Gasteiger partial charge in [0, 0.05) is 15.6 Å². The first-order valence-electron chi connectivity index (χ1n) is 9.16. The fourth-order valence-corrected chi connectivity index (χ4v) is 4.63. The van der Waals surface area contributed by atoms with Crippen LogP contribution in [0.1, 0.15) is 18.1 Å². The molecule has 11 heteroatoms. The molecule has 32 heavy (non-hydrogen) atoms. The van der Waals surface area contributed by atoms with Gasteiger partial charge in [0.05, 0.1) is 21.6 Å². The van der Waals surface area contributed by atoms with Crippen molar-refractivity contribution in [2.75, 3.05) is 13.2 Å². The van der Waals surface area contributed by atoms with Gasteiger partial charge in [-0.2, -0.15) is 0 Å². The van der Waals surface area contributed by atoms with Crippen LogP contribution in [0.25, 0.3) is 6.08 Å². The second kappa shape index (κ2) is 10.8. The van der Waals surface area contributed by atoms with Crippen molar-refractivity contribution in [1.29, 1.82) is 0 Å². The van der Waals surface area contributed by atoms with Gasteiger partial charge in [0.1, 0.15) is 13.2 Å². The Labute approximate surface area is 208 Å². The maximum absolute atomic E-state index is 12.5. The molecule has 6 nitrogen and oxygen atoms in total. The number of nitrogens with zero attached hydrogens (tertiary/aromatic N) is 1. The molecule has 0 bridgehead atoms. The summed E-state index contributed by atoms with van der Waals surface area (Å²) in [5, 5.41) is 0.802. The predicted molar refractivity (Wildman–Crippen MR) is 127 cm³/mol. The molecule has 2 aromatic rings. The third-order valence-electron chi connectivity index (χ3n) is 4.17. The van der Waals surface area contributed by atoms with Gasteiger partial charge in [-0.05, 0) is 54.6 Å². The van der Waals surface area contributed by atoms with Gasteiger partial charge in [-0.3, -0.25) is 19.3 Å². The van der Waals surface area contributed by atoms with Crippen LogP contribution in [0.15, 0.2) is 35.2 Å². The maximum Gasteiger partial charge on any atom is 0.326 e. The van der Waals surface area contributed by atoms with Gasteiger partial charge >= 0.3 is 5.97 Å². The number of benzene rings is 2. The summed E-state index contributed by atoms with van der Waals surface area (Å²) in [4.78, 5) is 37.2. The predicted octanol–water partition coefficient (Wildman–Crippen LogP) is 6.48. The molecule has 1 heterocycles. The highest BCUT2D eigenvalue weighted by atomic mass is 35.5. The van der Waals surface area contributed by atoms with Crippen LogP contribution in [0.3, 0.4) is 0 Å². The molecule has 0 saturated carbocycles. The van der Waals surface area contributed by atoms with Crippen molar-refractivity contribution in [3.63, 3.8) is 0 Å². The van der Waals surface area contributed by atoms with E-state index in [0.717, 1.165) is 4.90 Å². The van der Waals surface area contributed by atoms with Gasteiger partial charge in [-0.1, -0.05) is 52.5 Å². The van der Waals surface area contributed by atoms with Crippen LogP contribution in [-0.4, -0.2) is 35.2 Å². The number of ether oxygens (including phenoxy) is 2. The lowest BCUT2D eigenvalue weighted by Gasteiger charge is -2.12. The second-order valence-electron chi connectivity index (χ2n) is 6.41. The molecule has 0 unspecified atom stereocenters. The van der Waals surface area contributed by atoms with Crippen molar-refractivity contribution in [1.82, 2.24) is 4.90 Å². The van der Waals surface area contributed by atoms with E-state index in [9.17, 15) is 14.4 Å². The van der Waals surface area contributed by atoms with Crippen LogP contribution in [-0.2, 0) is 20.9 Å². The molecule has 0 N–H and O–H groups in total. The third-order valence-corrected chi connectivity index (χ3v) is 6.23. The zero-order valence-corrected chi connectivity index (χ0v) is 20.3. The summed E-state index contributed by atoms with van der Waals surface area (Å²) >= 11 is 25.4. The van der Waals surface area contributed by atoms with Crippen LogP contribution in [0.5, 0.6) is 5.75 Å². The van der Waals surface area contributed by atoms with E-state index in [-0.39, 0.29) is 33.9 Å². The first-order chi connectivity index (χ1) is 15.2. The second-order valence-corrected chi connectivity index (χ2v) is 9.06. The van der Waals surface area contributed by atoms with Gasteiger partial charge in [0.2, 0.25) is 0 Å². The first-order valence-corrected chi connectivity index (χ1v) is 11.5. The molecule has 0 aromatic heterocycles. The molecular formula is C21H15Cl4NO5S. The smallest absolute Gasteiger partial charge is 0.326 e. The summed E-state index contributed by atoms with van der Waals surface area (Å²) < 4.78 is 10.5. The number of esters is 1. The highest BCUT2D eigenvalue weighted by molar-refractivity contribution is 8.18. The normalized spacial score (nSPS) is 14.9. The SMILES string of the molecule is CCOC(=O)CN1C(=O)S/C(=C/c2cc(Cl)c(OCc3ccc(Cl)cc3Cl)c(Cl)c2)C1=O. The van der Waals surface area contributed by atoms with Crippen molar-refractivity contribution in [3.8, 4) is 5.75 Å². The highest BCUT2D eigenvalue weighted by Crippen LogP contribution is 2.38. The van der Waals surface area contributed by atoms with Crippen molar-refractivity contribution >= 4 is 81.4 Å². The Morgan fingerprint density at radius 1 is 1.06 bits per heavy atom. The molecule has 1 aliphatic heterocycles. The minimum absolute atomic E-state index is 0.113. The summed E-state index contributed by atoms with van der Waals surface area (Å²) in [7, 11) is 0. The molecule has 0 atom stereocenters. The molecule has 3 rings (SSSR count). The molecule has 0 spiro atoms. The van der Waals surface area contributed by atoms with E-state index in [1.807, 2.05) is 0 Å². The monoisotopic (exact) mass is 533 g/mol. The number of halogens is 4. The van der Waals surface area contributed by atoms with Gasteiger partial charge < -0.3 is 9.47 Å². The van der Waals surface area contributed by atoms with Gasteiger partial charge in [0.25, 0.3) is 11.1 Å². The number of rotatable bonds is 7. The van der Waals surface area contributed by atoms with Crippen molar-refractivity contribution in [2.24, 2.45) is 0 Å². The number of imide groups is 1. The van der Waals surface area contributed by atoms with E-state index in [4.69, 9.17) is 55.9 Å². The Hall–Kier alpha value is -1.90. The summed E-state index contributed by atoms with van der Waals surface area (Å²) in [6.45, 7) is 1.45. The lowest BCUT2D eigenvalue weighted by molar-refractivity contribution is -0.145. The molecule has 2 aromatic carbocycles. The minimum atomic E-state index is -0.663. The molecule has 0 radical (unpaired) electrons. The van der Waals surface area contributed by atoms with E-state index in [2.05, 4.69) is 0 Å². The molecule has 1 fully saturated rings. The molecule has 168 valence electrons. The number of amides is 2. The van der Waals surface area contributed by atoms with Crippen LogP contribution in [0.2, 0.25) is 20.1 Å². The number of hydrogen-bond acceptors (Lipinski definition) is 6. The zero-order chi connectivity index (χ0) is 23.4. The lowest BCUT2D eigenvalue weighted by atomic mass is 10.2. The maximum atomic E-state index is 12.5. The Morgan fingerprint density at radius 3 is 2.38 bits per heavy atom. The fraction of sp³-hybridized carbons (Fsp3) is 0.190. The van der Waals surface area contributed by atoms with E-state index >= 15 is 0 Å². The molecular weight excluding hydrogens is 520 g/mol. The third kappa shape index (κ3) is 5.91. The van der Waals surface area contributed by atoms with Gasteiger partial charge in [-0.15, -0.1) is 0 Å². The fourth-order valence-electron chi connectivity index (χ4n) is 2.71. The van der Waals surface area contributed by atoms with Crippen LogP contribution < -0.4 is 4.74 Å². The van der Waals surface area contributed by atoms with Crippen LogP contribution >= 0.6 is 58.2 Å². The average molecular weight is 535 g/mol. The Bertz CT molecular complexity index is 1100. The number of hydrogen-bond donors (Lipinski definition) is 0. The number of carbonyl (C=O) groups is 3. The summed E-state index contributed by atoms with van der Waals surface area (Å²) in [5.74, 6) is -1.02. The van der Waals surface area contributed by atoms with Crippen LogP contribution in [0, 0.1) is 0 Å². The van der Waals surface area contributed by atoms with E-state index in [1.54, 1.807) is 37.3 Å². The van der Waals surface area contributed by atoms with Gasteiger partial charge in [0.15, 0.2) is 5.75 Å². The quantitative estimate of drug-likeness (QED) is 0.299. The van der Waals surface area contributed by atoms with Crippen molar-refractivity contribution in [2.45, 2.75) is 13.5 Å². The van der Waals surface area contributed by atoms with Gasteiger partial charge in [-0.25, -0.2) is 0 Å². The Balaban J connectivity index is 1.76. The average Bonchev–Trinajstić information content (AvgIpc) is 2.96. The van der Waals surface area contributed by atoms with E-state index in [0.29, 0.717) is 32.9 Å². The van der Waals surface area contributed by atoms with Crippen LogP contribution in [0.4, 0.5) is 4.79 Å². The summed E-state index contributed by atoms with van der Waals surface area (Å²) in [6, 6.07) is 8.11. The lowest BCUT2D eigenvalue weighted by Crippen LogP contribution is -2.34. The van der Waals surface area contributed by atoms with Crippen molar-refractivity contribution in [3.05, 3.63) is 66.5 Å². The van der Waals surface area contributed by atoms with E-state index < -0.39 is 23.7 Å². The standard InChI is InChI=1S/C21H15Cl4NO5S/c1-2-30-18(27)9-26-20(28)17(32-21(26)29)7-11-5-15(24)19(16(25)6-11)31-10-12-3-4-13(22)8-14(12)23/h3-8H,2,9-10H2,1H3/b17-7+. The van der Waals surface area contributed by atoms with Crippen molar-refractivity contribution < 1.29 is 23.9 Å². The molecule has 1 saturated heterocycles. The number of thioether (sulfide) groups is 1. The summed E-state index contributed by atoms with van der Waals surface area (Å²) in [5.41, 5.74) is 1.18. The molecule has 1 aliphatic rings. The number of carbonyl (C=O) groups excluding carboxylic acids is 3. The topological polar surface area (TPSA) is 72.9 Å². The van der Waals surface area contributed by atoms with E-state index in [1.165, 1.54) is 6.08 Å². The largest absolute Gasteiger partial charge is 0.486 e. The first kappa shape index (κ1) is 24.7. The Morgan fingerprint density at radius 2 is 1.75 bits per heavy atom. The molecule has 2 amide bonds. The zero-order valence-electron chi connectivity index (χ0n) is 16.5.